The Labute approximate surface area is 113 Å². The quantitative estimate of drug-likeness (QED) is 0.909. The molecule has 0 bridgehead atoms. The summed E-state index contributed by atoms with van der Waals surface area (Å²) in [5.41, 5.74) is 2.29. The van der Waals surface area contributed by atoms with Gasteiger partial charge in [-0.2, -0.15) is 0 Å². The second-order valence-electron chi connectivity index (χ2n) is 4.99. The molecule has 0 amide bonds. The van der Waals surface area contributed by atoms with Crippen molar-refractivity contribution in [2.24, 2.45) is 0 Å². The molecule has 0 aliphatic heterocycles. The lowest BCUT2D eigenvalue weighted by molar-refractivity contribution is -0.123. The molecule has 1 unspecified atom stereocenters. The average Bonchev–Trinajstić information content (AvgIpc) is 2.47. The van der Waals surface area contributed by atoms with Crippen molar-refractivity contribution in [3.63, 3.8) is 0 Å². The zero-order valence-corrected chi connectivity index (χ0v) is 11.3. The van der Waals surface area contributed by atoms with Crippen LogP contribution >= 0.6 is 0 Å². The molecule has 2 nitrogen and oxygen atoms in total. The van der Waals surface area contributed by atoms with Crippen LogP contribution in [0.4, 0.5) is 0 Å². The second-order valence-corrected chi connectivity index (χ2v) is 4.99. The van der Waals surface area contributed by atoms with Crippen LogP contribution in [0.5, 0.6) is 0 Å². The minimum Gasteiger partial charge on any atom is -0.395 e. The third kappa shape index (κ3) is 2.59. The maximum atomic E-state index is 11.7. The fourth-order valence-corrected chi connectivity index (χ4v) is 2.07. The lowest BCUT2D eigenvalue weighted by Gasteiger charge is -2.24. The summed E-state index contributed by atoms with van der Waals surface area (Å²) in [4.78, 5) is 11.7. The summed E-state index contributed by atoms with van der Waals surface area (Å²) in [5.74, 6) is -0.0255. The van der Waals surface area contributed by atoms with E-state index in [9.17, 15) is 9.90 Å². The van der Waals surface area contributed by atoms with Crippen LogP contribution < -0.4 is 0 Å². The number of hydrogen-bond donors (Lipinski definition) is 1. The minimum absolute atomic E-state index is 0.0255. The maximum Gasteiger partial charge on any atom is 0.142 e. The predicted molar refractivity (Wildman–Crippen MR) is 77.0 cm³/mol. The second kappa shape index (κ2) is 5.37. The van der Waals surface area contributed by atoms with Crippen molar-refractivity contribution in [3.8, 4) is 11.1 Å². The van der Waals surface area contributed by atoms with Crippen LogP contribution in [0.15, 0.2) is 54.6 Å². The van der Waals surface area contributed by atoms with E-state index in [0.717, 1.165) is 16.7 Å². The fraction of sp³-hybridized carbons (Fsp3) is 0.235. The van der Waals surface area contributed by atoms with Crippen LogP contribution in [-0.4, -0.2) is 17.5 Å². The lowest BCUT2D eigenvalue weighted by atomic mass is 9.79. The van der Waals surface area contributed by atoms with E-state index in [2.05, 4.69) is 0 Å². The highest BCUT2D eigenvalue weighted by molar-refractivity contribution is 5.88. The molecule has 1 N–H and O–H groups in total. The largest absolute Gasteiger partial charge is 0.395 e. The number of rotatable bonds is 4. The van der Waals surface area contributed by atoms with Crippen LogP contribution in [0.1, 0.15) is 19.4 Å². The summed E-state index contributed by atoms with van der Waals surface area (Å²) in [6.45, 7) is 3.11. The standard InChI is InChI=1S/C17H18O2/c1-13(19)17(2,12-18)16-10-8-15(9-11-16)14-6-4-3-5-7-14/h3-11,18H,12H2,1-2H3. The molecule has 1 atom stereocenters. The lowest BCUT2D eigenvalue weighted by Crippen LogP contribution is -2.34. The Morgan fingerprint density at radius 3 is 2.00 bits per heavy atom. The Balaban J connectivity index is 2.36. The van der Waals surface area contributed by atoms with Crippen LogP contribution in [0.2, 0.25) is 0 Å². The van der Waals surface area contributed by atoms with Gasteiger partial charge in [-0.15, -0.1) is 0 Å². The van der Waals surface area contributed by atoms with Gasteiger partial charge in [0.2, 0.25) is 0 Å². The minimum atomic E-state index is -0.810. The summed E-state index contributed by atoms with van der Waals surface area (Å²) in [6.07, 6.45) is 0. The van der Waals surface area contributed by atoms with Gasteiger partial charge in [-0.3, -0.25) is 4.79 Å². The number of aliphatic hydroxyl groups is 1. The summed E-state index contributed by atoms with van der Waals surface area (Å²) < 4.78 is 0. The van der Waals surface area contributed by atoms with Crippen LogP contribution in [0.3, 0.4) is 0 Å². The first-order valence-corrected chi connectivity index (χ1v) is 6.36. The van der Waals surface area contributed by atoms with Crippen LogP contribution in [0.25, 0.3) is 11.1 Å². The van der Waals surface area contributed by atoms with E-state index >= 15 is 0 Å². The van der Waals surface area contributed by atoms with Gasteiger partial charge in [-0.1, -0.05) is 54.6 Å². The Bertz CT molecular complexity index is 558. The van der Waals surface area contributed by atoms with Crippen molar-refractivity contribution in [2.75, 3.05) is 6.61 Å². The SMILES string of the molecule is CC(=O)C(C)(CO)c1ccc(-c2ccccc2)cc1. The number of benzene rings is 2. The number of carbonyl (C=O) groups excluding carboxylic acids is 1. The van der Waals surface area contributed by atoms with Gasteiger partial charge in [-0.25, -0.2) is 0 Å². The zero-order valence-electron chi connectivity index (χ0n) is 11.3. The highest BCUT2D eigenvalue weighted by atomic mass is 16.3. The number of aliphatic hydroxyl groups excluding tert-OH is 1. The molecular weight excluding hydrogens is 236 g/mol. The summed E-state index contributed by atoms with van der Waals surface area (Å²) >= 11 is 0. The third-order valence-electron chi connectivity index (χ3n) is 3.72. The topological polar surface area (TPSA) is 37.3 Å². The van der Waals surface area contributed by atoms with Crippen molar-refractivity contribution in [2.45, 2.75) is 19.3 Å². The maximum absolute atomic E-state index is 11.7. The third-order valence-corrected chi connectivity index (χ3v) is 3.72. The Kier molecular flexibility index (Phi) is 3.82. The molecule has 0 fully saturated rings. The Hall–Kier alpha value is -1.93. The molecule has 0 saturated heterocycles. The molecule has 2 aromatic carbocycles. The van der Waals surface area contributed by atoms with Crippen LogP contribution in [-0.2, 0) is 10.2 Å². The van der Waals surface area contributed by atoms with Gasteiger partial charge in [0, 0.05) is 0 Å². The van der Waals surface area contributed by atoms with E-state index in [4.69, 9.17) is 0 Å². The molecule has 0 aromatic heterocycles. The predicted octanol–water partition coefficient (Wildman–Crippen LogP) is 3.19. The molecule has 98 valence electrons. The van der Waals surface area contributed by atoms with E-state index < -0.39 is 5.41 Å². The molecule has 2 heteroatoms. The molecule has 2 rings (SSSR count). The van der Waals surface area contributed by atoms with Crippen molar-refractivity contribution in [1.29, 1.82) is 0 Å². The number of Topliss-reactive ketones (excluding diaryl/α,β-unsaturated/α-hetero) is 1. The molecule has 0 aliphatic carbocycles. The first-order chi connectivity index (χ1) is 9.08. The zero-order chi connectivity index (χ0) is 13.9. The first-order valence-electron chi connectivity index (χ1n) is 6.36. The summed E-state index contributed by atoms with van der Waals surface area (Å²) in [6, 6.07) is 17.9. The number of carbonyl (C=O) groups is 1. The van der Waals surface area contributed by atoms with Crippen molar-refractivity contribution >= 4 is 5.78 Å². The van der Waals surface area contributed by atoms with E-state index in [1.807, 2.05) is 54.6 Å². The number of ketones is 1. The Morgan fingerprint density at radius 1 is 1.00 bits per heavy atom. The highest BCUT2D eigenvalue weighted by Gasteiger charge is 2.30. The Morgan fingerprint density at radius 2 is 1.53 bits per heavy atom. The van der Waals surface area contributed by atoms with Crippen molar-refractivity contribution in [3.05, 3.63) is 60.2 Å². The monoisotopic (exact) mass is 254 g/mol. The van der Waals surface area contributed by atoms with E-state index in [1.165, 1.54) is 6.92 Å². The molecule has 0 radical (unpaired) electrons. The van der Waals surface area contributed by atoms with Crippen molar-refractivity contribution in [1.82, 2.24) is 0 Å². The van der Waals surface area contributed by atoms with E-state index in [0.29, 0.717) is 0 Å². The van der Waals surface area contributed by atoms with Gasteiger partial charge < -0.3 is 5.11 Å². The molecule has 0 spiro atoms. The van der Waals surface area contributed by atoms with E-state index in [1.54, 1.807) is 6.92 Å². The van der Waals surface area contributed by atoms with Gasteiger partial charge in [0.1, 0.15) is 5.78 Å². The fourth-order valence-electron chi connectivity index (χ4n) is 2.07. The molecule has 0 heterocycles. The molecule has 2 aromatic rings. The average molecular weight is 254 g/mol. The van der Waals surface area contributed by atoms with Gasteiger partial charge >= 0.3 is 0 Å². The number of hydrogen-bond acceptors (Lipinski definition) is 2. The molecule has 0 saturated carbocycles. The van der Waals surface area contributed by atoms with Gasteiger partial charge in [0.25, 0.3) is 0 Å². The van der Waals surface area contributed by atoms with Crippen LogP contribution in [0, 0.1) is 0 Å². The smallest absolute Gasteiger partial charge is 0.142 e. The molecular formula is C17H18O2. The van der Waals surface area contributed by atoms with Gasteiger partial charge in [0.15, 0.2) is 0 Å². The first kappa shape index (κ1) is 13.5. The molecule has 0 aliphatic rings. The van der Waals surface area contributed by atoms with Gasteiger partial charge in [-0.05, 0) is 30.5 Å². The normalized spacial score (nSPS) is 13.8. The summed E-state index contributed by atoms with van der Waals surface area (Å²) in [7, 11) is 0. The van der Waals surface area contributed by atoms with Gasteiger partial charge in [0.05, 0.1) is 12.0 Å². The van der Waals surface area contributed by atoms with Crippen molar-refractivity contribution < 1.29 is 9.90 Å². The highest BCUT2D eigenvalue weighted by Crippen LogP contribution is 2.27. The van der Waals surface area contributed by atoms with E-state index in [-0.39, 0.29) is 12.4 Å². The molecule has 19 heavy (non-hydrogen) atoms. The summed E-state index contributed by atoms with van der Waals surface area (Å²) in [5, 5.41) is 9.47.